The lowest BCUT2D eigenvalue weighted by Gasteiger charge is -2.21. The van der Waals surface area contributed by atoms with Gasteiger partial charge in [0, 0.05) is 18.3 Å². The fourth-order valence-electron chi connectivity index (χ4n) is 2.33. The zero-order chi connectivity index (χ0) is 20.8. The maximum absolute atomic E-state index is 12.5. The number of H-pyrrole nitrogens is 1. The average Bonchev–Trinajstić information content (AvgIpc) is 3.18. The number of hydrogen-bond donors (Lipinski definition) is 2. The number of non-ortho nitro benzene ring substituents is 1. The summed E-state index contributed by atoms with van der Waals surface area (Å²) in [5, 5.41) is 13.4. The number of nitro benzene ring substituents is 1. The predicted octanol–water partition coefficient (Wildman–Crippen LogP) is 2.76. The first-order valence-electron chi connectivity index (χ1n) is 8.28. The Balaban J connectivity index is 2.08. The van der Waals surface area contributed by atoms with Crippen molar-refractivity contribution < 1.29 is 24.0 Å². The molecule has 0 aliphatic rings. The van der Waals surface area contributed by atoms with Crippen molar-refractivity contribution in [3.8, 4) is 0 Å². The van der Waals surface area contributed by atoms with Gasteiger partial charge < -0.3 is 15.0 Å². The molecule has 2 aromatic rings. The third-order valence-corrected chi connectivity index (χ3v) is 4.19. The fraction of sp³-hybridized carbons (Fsp3) is 0.278. The van der Waals surface area contributed by atoms with Gasteiger partial charge in [-0.3, -0.25) is 19.7 Å². The van der Waals surface area contributed by atoms with Gasteiger partial charge in [-0.2, -0.15) is 0 Å². The van der Waals surface area contributed by atoms with E-state index in [1.807, 2.05) is 0 Å². The first-order valence-corrected chi connectivity index (χ1v) is 8.66. The molecule has 0 fully saturated rings. The number of carbonyl (C=O) groups excluding carboxylic acids is 3. The number of nitro groups is 1. The van der Waals surface area contributed by atoms with Gasteiger partial charge in [0.2, 0.25) is 5.78 Å². The molecule has 1 heterocycles. The number of halogens is 1. The first kappa shape index (κ1) is 21.1. The minimum Gasteiger partial charge on any atom is -0.456 e. The summed E-state index contributed by atoms with van der Waals surface area (Å²) in [5.74, 6) is -2.35. The zero-order valence-corrected chi connectivity index (χ0v) is 15.9. The fourth-order valence-corrected chi connectivity index (χ4v) is 2.53. The molecule has 9 nitrogen and oxygen atoms in total. The van der Waals surface area contributed by atoms with Crippen LogP contribution in [-0.4, -0.2) is 40.2 Å². The zero-order valence-electron chi connectivity index (χ0n) is 15.1. The first-order chi connectivity index (χ1) is 13.2. The molecule has 2 N–H and O–H groups in total. The molecule has 148 valence electrons. The molecule has 0 saturated carbocycles. The molecule has 1 atom stereocenters. The van der Waals surface area contributed by atoms with Gasteiger partial charge in [-0.15, -0.1) is 0 Å². The minimum atomic E-state index is -1.07. The molecule has 0 unspecified atom stereocenters. The standard InChI is InChI=1S/C18H18ClN3O6/c1-10(2)16(18(25)28-9-15(23)14-4-3-7-20-14)21-17(24)12-8-11(22(26)27)5-6-13(12)19/h3-8,10,16,20H,9H2,1-2H3,(H,21,24)/t16-/m1/s1. The number of aromatic amines is 1. The lowest BCUT2D eigenvalue weighted by Crippen LogP contribution is -2.45. The normalized spacial score (nSPS) is 11.7. The van der Waals surface area contributed by atoms with Gasteiger partial charge in [-0.25, -0.2) is 4.79 Å². The molecule has 0 bridgehead atoms. The molecular formula is C18H18ClN3O6. The van der Waals surface area contributed by atoms with Crippen molar-refractivity contribution in [2.75, 3.05) is 6.61 Å². The van der Waals surface area contributed by atoms with Gasteiger partial charge in [0.1, 0.15) is 6.04 Å². The molecule has 0 aliphatic heterocycles. The van der Waals surface area contributed by atoms with E-state index in [0.717, 1.165) is 6.07 Å². The van der Waals surface area contributed by atoms with Crippen molar-refractivity contribution in [1.29, 1.82) is 0 Å². The van der Waals surface area contributed by atoms with Gasteiger partial charge in [0.25, 0.3) is 11.6 Å². The van der Waals surface area contributed by atoms with Crippen LogP contribution in [0.4, 0.5) is 5.69 Å². The van der Waals surface area contributed by atoms with Crippen LogP contribution in [0.2, 0.25) is 5.02 Å². The van der Waals surface area contributed by atoms with Gasteiger partial charge in [0.15, 0.2) is 6.61 Å². The predicted molar refractivity (Wildman–Crippen MR) is 100 cm³/mol. The summed E-state index contributed by atoms with van der Waals surface area (Å²) in [5.41, 5.74) is -0.159. The molecule has 0 spiro atoms. The van der Waals surface area contributed by atoms with Crippen molar-refractivity contribution in [2.24, 2.45) is 5.92 Å². The van der Waals surface area contributed by atoms with E-state index in [0.29, 0.717) is 5.69 Å². The summed E-state index contributed by atoms with van der Waals surface area (Å²) in [6.07, 6.45) is 1.56. The Morgan fingerprint density at radius 2 is 2.00 bits per heavy atom. The Bertz CT molecular complexity index is 895. The number of hydrogen-bond acceptors (Lipinski definition) is 6. The molecule has 0 saturated heterocycles. The Kier molecular flexibility index (Phi) is 6.89. The van der Waals surface area contributed by atoms with E-state index < -0.39 is 35.2 Å². The molecule has 1 aromatic carbocycles. The molecule has 1 aromatic heterocycles. The van der Waals surface area contributed by atoms with E-state index in [4.69, 9.17) is 16.3 Å². The number of nitrogens with one attached hydrogen (secondary N) is 2. The Morgan fingerprint density at radius 3 is 2.57 bits per heavy atom. The monoisotopic (exact) mass is 407 g/mol. The van der Waals surface area contributed by atoms with Crippen LogP contribution >= 0.6 is 11.6 Å². The number of esters is 1. The molecule has 2 rings (SSSR count). The number of ketones is 1. The van der Waals surface area contributed by atoms with Crippen LogP contribution in [0.3, 0.4) is 0 Å². The van der Waals surface area contributed by atoms with Crippen LogP contribution < -0.4 is 5.32 Å². The highest BCUT2D eigenvalue weighted by atomic mass is 35.5. The molecule has 10 heteroatoms. The topological polar surface area (TPSA) is 131 Å². The van der Waals surface area contributed by atoms with Gasteiger partial charge in [-0.1, -0.05) is 25.4 Å². The smallest absolute Gasteiger partial charge is 0.329 e. The summed E-state index contributed by atoms with van der Waals surface area (Å²) in [7, 11) is 0. The number of Topliss-reactive ketones (excluding diaryl/α,β-unsaturated/α-hetero) is 1. The Hall–Kier alpha value is -3.20. The number of carbonyl (C=O) groups is 3. The second-order valence-corrected chi connectivity index (χ2v) is 6.64. The third kappa shape index (κ3) is 5.17. The van der Waals surface area contributed by atoms with Gasteiger partial charge in [-0.05, 0) is 24.1 Å². The second-order valence-electron chi connectivity index (χ2n) is 6.23. The van der Waals surface area contributed by atoms with Gasteiger partial charge >= 0.3 is 5.97 Å². The number of benzene rings is 1. The highest BCUT2D eigenvalue weighted by Crippen LogP contribution is 2.22. The van der Waals surface area contributed by atoms with Gasteiger partial charge in [0.05, 0.1) is 21.2 Å². The van der Waals surface area contributed by atoms with E-state index >= 15 is 0 Å². The number of nitrogens with zero attached hydrogens (tertiary/aromatic N) is 1. The minimum absolute atomic E-state index is 0.000830. The summed E-state index contributed by atoms with van der Waals surface area (Å²) in [4.78, 5) is 49.7. The van der Waals surface area contributed by atoms with Crippen LogP contribution in [0, 0.1) is 16.0 Å². The number of amides is 1. The lowest BCUT2D eigenvalue weighted by molar-refractivity contribution is -0.384. The van der Waals surface area contributed by atoms with Crippen molar-refractivity contribution in [3.63, 3.8) is 0 Å². The van der Waals surface area contributed by atoms with Crippen molar-refractivity contribution in [2.45, 2.75) is 19.9 Å². The van der Waals surface area contributed by atoms with Crippen LogP contribution in [0.15, 0.2) is 36.5 Å². The van der Waals surface area contributed by atoms with Crippen LogP contribution in [0.1, 0.15) is 34.7 Å². The van der Waals surface area contributed by atoms with Crippen LogP contribution in [0.5, 0.6) is 0 Å². The maximum Gasteiger partial charge on any atom is 0.329 e. The maximum atomic E-state index is 12.5. The van der Waals surface area contributed by atoms with Crippen molar-refractivity contribution >= 4 is 34.9 Å². The van der Waals surface area contributed by atoms with E-state index in [2.05, 4.69) is 10.3 Å². The summed E-state index contributed by atoms with van der Waals surface area (Å²) in [6, 6.07) is 5.53. The number of ether oxygens (including phenoxy) is 1. The largest absolute Gasteiger partial charge is 0.456 e. The summed E-state index contributed by atoms with van der Waals surface area (Å²) < 4.78 is 5.02. The summed E-state index contributed by atoms with van der Waals surface area (Å²) in [6.45, 7) is 2.86. The van der Waals surface area contributed by atoms with E-state index in [9.17, 15) is 24.5 Å². The third-order valence-electron chi connectivity index (χ3n) is 3.86. The van der Waals surface area contributed by atoms with Crippen molar-refractivity contribution in [3.05, 3.63) is 62.9 Å². The SMILES string of the molecule is CC(C)[C@@H](NC(=O)c1cc([N+](=O)[O-])ccc1Cl)C(=O)OCC(=O)c1ccc[nH]1. The highest BCUT2D eigenvalue weighted by Gasteiger charge is 2.28. The number of aromatic nitrogens is 1. The van der Waals surface area contributed by atoms with Crippen molar-refractivity contribution in [1.82, 2.24) is 10.3 Å². The summed E-state index contributed by atoms with van der Waals surface area (Å²) >= 11 is 5.95. The van der Waals surface area contributed by atoms with E-state index in [1.54, 1.807) is 32.2 Å². The number of rotatable bonds is 8. The quantitative estimate of drug-likeness (QED) is 0.299. The van der Waals surface area contributed by atoms with Crippen LogP contribution in [0.25, 0.3) is 0 Å². The van der Waals surface area contributed by atoms with E-state index in [-0.39, 0.29) is 22.2 Å². The molecular weight excluding hydrogens is 390 g/mol. The average molecular weight is 408 g/mol. The Labute approximate surface area is 165 Å². The molecule has 0 aliphatic carbocycles. The lowest BCUT2D eigenvalue weighted by atomic mass is 10.0. The molecule has 0 radical (unpaired) electrons. The second kappa shape index (κ2) is 9.14. The molecule has 28 heavy (non-hydrogen) atoms. The Morgan fingerprint density at radius 1 is 1.29 bits per heavy atom. The van der Waals surface area contributed by atoms with Crippen LogP contribution in [-0.2, 0) is 9.53 Å². The molecule has 1 amide bonds. The van der Waals surface area contributed by atoms with E-state index in [1.165, 1.54) is 12.1 Å². The highest BCUT2D eigenvalue weighted by molar-refractivity contribution is 6.34.